The summed E-state index contributed by atoms with van der Waals surface area (Å²) in [7, 11) is 0. The van der Waals surface area contributed by atoms with E-state index in [1.165, 1.54) is 4.88 Å². The maximum absolute atomic E-state index is 5.88. The topological polar surface area (TPSA) is 66.5 Å². The van der Waals surface area contributed by atoms with Crippen molar-refractivity contribution in [3.8, 4) is 11.3 Å². The Morgan fingerprint density at radius 3 is 3.10 bits per heavy atom. The predicted molar refractivity (Wildman–Crippen MR) is 79.6 cm³/mol. The summed E-state index contributed by atoms with van der Waals surface area (Å²) >= 11 is 7.54. The van der Waals surface area contributed by atoms with Crippen molar-refractivity contribution in [3.05, 3.63) is 40.1 Å². The van der Waals surface area contributed by atoms with Gasteiger partial charge in [-0.1, -0.05) is 17.7 Å². The van der Waals surface area contributed by atoms with E-state index in [2.05, 4.69) is 25.5 Å². The summed E-state index contributed by atoms with van der Waals surface area (Å²) < 4.78 is 0. The fourth-order valence-corrected chi connectivity index (χ4v) is 3.46. The quantitative estimate of drug-likeness (QED) is 0.712. The van der Waals surface area contributed by atoms with Crippen LogP contribution in [0.4, 0.5) is 10.9 Å². The Morgan fingerprint density at radius 1 is 1.25 bits per heavy atom. The molecule has 0 aliphatic heterocycles. The van der Waals surface area contributed by atoms with Crippen LogP contribution < -0.4 is 5.32 Å². The van der Waals surface area contributed by atoms with Gasteiger partial charge in [-0.05, 0) is 25.0 Å². The molecule has 2 N–H and O–H groups in total. The third-order valence-corrected chi connectivity index (χ3v) is 4.46. The number of halogens is 1. The van der Waals surface area contributed by atoms with Crippen molar-refractivity contribution in [3.63, 3.8) is 0 Å². The van der Waals surface area contributed by atoms with E-state index in [1.807, 2.05) is 18.3 Å². The third kappa shape index (κ3) is 1.97. The highest BCUT2D eigenvalue weighted by Gasteiger charge is 2.22. The summed E-state index contributed by atoms with van der Waals surface area (Å²) in [6.07, 6.45) is 3.82. The van der Waals surface area contributed by atoms with Crippen LogP contribution in [0.15, 0.2) is 24.4 Å². The number of nitrogens with one attached hydrogen (secondary N) is 2. The van der Waals surface area contributed by atoms with Crippen molar-refractivity contribution >= 4 is 33.9 Å². The van der Waals surface area contributed by atoms with E-state index in [4.69, 9.17) is 11.6 Å². The van der Waals surface area contributed by atoms with Gasteiger partial charge < -0.3 is 5.32 Å². The van der Waals surface area contributed by atoms with E-state index in [0.29, 0.717) is 11.0 Å². The summed E-state index contributed by atoms with van der Waals surface area (Å²) in [6.45, 7) is 0. The lowest BCUT2D eigenvalue weighted by Gasteiger charge is -2.08. The Kier molecular flexibility index (Phi) is 2.71. The number of H-pyrrole nitrogens is 1. The first kappa shape index (κ1) is 11.9. The number of anilines is 2. The van der Waals surface area contributed by atoms with Gasteiger partial charge >= 0.3 is 0 Å². The van der Waals surface area contributed by atoms with E-state index in [9.17, 15) is 0 Å². The average molecular weight is 304 g/mol. The molecule has 20 heavy (non-hydrogen) atoms. The molecule has 0 radical (unpaired) electrons. The van der Waals surface area contributed by atoms with E-state index in [1.54, 1.807) is 17.4 Å². The van der Waals surface area contributed by atoms with Crippen molar-refractivity contribution in [2.75, 3.05) is 5.32 Å². The van der Waals surface area contributed by atoms with Crippen molar-refractivity contribution in [2.24, 2.45) is 0 Å². The minimum atomic E-state index is 0.466. The largest absolute Gasteiger partial charge is 0.316 e. The number of hydrogen-bond acceptors (Lipinski definition) is 5. The van der Waals surface area contributed by atoms with E-state index in [0.717, 1.165) is 34.9 Å². The minimum absolute atomic E-state index is 0.466. The molecule has 4 rings (SSSR count). The number of aryl methyl sites for hydroxylation is 2. The molecule has 0 aromatic carbocycles. The molecule has 5 nitrogen and oxygen atoms in total. The van der Waals surface area contributed by atoms with E-state index >= 15 is 0 Å². The van der Waals surface area contributed by atoms with Gasteiger partial charge in [0.05, 0.1) is 11.9 Å². The van der Waals surface area contributed by atoms with Gasteiger partial charge in [-0.2, -0.15) is 5.10 Å². The Bertz CT molecular complexity index is 779. The smallest absolute Gasteiger partial charge is 0.189 e. The van der Waals surface area contributed by atoms with Crippen LogP contribution >= 0.6 is 22.9 Å². The highest BCUT2D eigenvalue weighted by atomic mass is 35.5. The highest BCUT2D eigenvalue weighted by Crippen LogP contribution is 2.37. The number of nitrogens with zero attached hydrogens (tertiary/aromatic N) is 3. The molecule has 0 saturated carbocycles. The monoisotopic (exact) mass is 303 g/mol. The molecular weight excluding hydrogens is 294 g/mol. The zero-order chi connectivity index (χ0) is 13.5. The second-order valence-corrected chi connectivity index (χ2v) is 5.99. The fourth-order valence-electron chi connectivity index (χ4n) is 2.32. The highest BCUT2D eigenvalue weighted by molar-refractivity contribution is 7.16. The van der Waals surface area contributed by atoms with Crippen LogP contribution in [0.5, 0.6) is 0 Å². The molecule has 0 fully saturated rings. The minimum Gasteiger partial charge on any atom is -0.316 e. The molecule has 1 aliphatic rings. The molecule has 3 heterocycles. The van der Waals surface area contributed by atoms with Crippen molar-refractivity contribution < 1.29 is 0 Å². The van der Waals surface area contributed by atoms with Crippen LogP contribution in [-0.4, -0.2) is 20.2 Å². The van der Waals surface area contributed by atoms with Gasteiger partial charge in [0.25, 0.3) is 0 Å². The summed E-state index contributed by atoms with van der Waals surface area (Å²) in [6, 6.07) is 5.48. The second-order valence-electron chi connectivity index (χ2n) is 4.52. The van der Waals surface area contributed by atoms with Crippen LogP contribution in [0, 0.1) is 0 Å². The van der Waals surface area contributed by atoms with Crippen LogP contribution in [0.2, 0.25) is 5.15 Å². The van der Waals surface area contributed by atoms with E-state index in [-0.39, 0.29) is 0 Å². The van der Waals surface area contributed by atoms with Crippen LogP contribution in [0.25, 0.3) is 11.3 Å². The zero-order valence-corrected chi connectivity index (χ0v) is 11.9. The van der Waals surface area contributed by atoms with Gasteiger partial charge in [0.15, 0.2) is 5.13 Å². The van der Waals surface area contributed by atoms with Gasteiger partial charge in [0, 0.05) is 16.1 Å². The molecular formula is C13H10ClN5S. The Morgan fingerprint density at radius 2 is 2.20 bits per heavy atom. The number of hydrogen-bond donors (Lipinski definition) is 2. The maximum Gasteiger partial charge on any atom is 0.189 e. The Labute approximate surface area is 124 Å². The lowest BCUT2D eigenvalue weighted by Crippen LogP contribution is -2.00. The predicted octanol–water partition coefficient (Wildman–Crippen LogP) is 3.42. The number of rotatable bonds is 2. The Hall–Kier alpha value is -1.92. The first-order valence-corrected chi connectivity index (χ1v) is 7.41. The van der Waals surface area contributed by atoms with Crippen molar-refractivity contribution in [1.82, 2.24) is 20.2 Å². The van der Waals surface area contributed by atoms with Crippen molar-refractivity contribution in [2.45, 2.75) is 12.8 Å². The van der Waals surface area contributed by atoms with Crippen LogP contribution in [0.1, 0.15) is 10.6 Å². The first-order chi connectivity index (χ1) is 9.79. The van der Waals surface area contributed by atoms with Gasteiger partial charge in [0.2, 0.25) is 0 Å². The average Bonchev–Trinajstić information content (AvgIpc) is 3.02. The lowest BCUT2D eigenvalue weighted by atomic mass is 10.0. The molecule has 7 heteroatoms. The third-order valence-electron chi connectivity index (χ3n) is 3.22. The summed E-state index contributed by atoms with van der Waals surface area (Å²) in [4.78, 5) is 10.1. The van der Waals surface area contributed by atoms with Gasteiger partial charge in [-0.25, -0.2) is 9.97 Å². The van der Waals surface area contributed by atoms with Crippen LogP contribution in [0.3, 0.4) is 0 Å². The van der Waals surface area contributed by atoms with Crippen LogP contribution in [-0.2, 0) is 12.8 Å². The standard InChI is InChI=1S/C13H10ClN5S/c14-10-2-1-3-11(16-10)17-13-18-12-7-6-15-19-8(7)4-5-9(12)20-13/h1-3,6H,4-5H2,(H,15,19)(H,16,17,18). The van der Waals surface area contributed by atoms with Gasteiger partial charge in [0.1, 0.15) is 11.0 Å². The number of thiazole rings is 1. The number of aromatic nitrogens is 4. The number of fused-ring (bicyclic) bond motifs is 3. The molecule has 0 unspecified atom stereocenters. The zero-order valence-electron chi connectivity index (χ0n) is 10.4. The van der Waals surface area contributed by atoms with Gasteiger partial charge in [-0.3, -0.25) is 5.10 Å². The number of aromatic amines is 1. The Balaban J connectivity index is 1.69. The number of pyridine rings is 1. The molecule has 0 spiro atoms. The molecule has 100 valence electrons. The molecule has 0 bridgehead atoms. The first-order valence-electron chi connectivity index (χ1n) is 6.21. The summed E-state index contributed by atoms with van der Waals surface area (Å²) in [5, 5.41) is 11.6. The van der Waals surface area contributed by atoms with E-state index < -0.39 is 0 Å². The maximum atomic E-state index is 5.88. The van der Waals surface area contributed by atoms with Gasteiger partial charge in [-0.15, -0.1) is 11.3 Å². The second kappa shape index (κ2) is 4.57. The lowest BCUT2D eigenvalue weighted by molar-refractivity contribution is 0.891. The summed E-state index contributed by atoms with van der Waals surface area (Å²) in [5.74, 6) is 0.705. The fraction of sp³-hybridized carbons (Fsp3) is 0.154. The van der Waals surface area contributed by atoms with Crippen molar-refractivity contribution in [1.29, 1.82) is 0 Å². The molecule has 3 aromatic rings. The SMILES string of the molecule is Clc1cccc(Nc2nc3c(s2)CCc2[nH]ncc2-3)n1. The molecule has 0 amide bonds. The normalized spacial score (nSPS) is 12.8. The molecule has 0 atom stereocenters. The summed E-state index contributed by atoms with van der Waals surface area (Å²) in [5.41, 5.74) is 3.29. The molecule has 3 aromatic heterocycles. The molecule has 1 aliphatic carbocycles. The molecule has 0 saturated heterocycles.